The van der Waals surface area contributed by atoms with Crippen molar-refractivity contribution < 1.29 is 9.63 Å². The fraction of sp³-hybridized carbons (Fsp3) is 0.318. The van der Waals surface area contributed by atoms with Crippen molar-refractivity contribution in [3.8, 4) is 11.5 Å². The molecule has 1 saturated carbocycles. The number of rotatable bonds is 6. The number of anilines is 2. The number of pyridine rings is 1. The number of nitrogens with zero attached hydrogens (tertiary/aromatic N) is 5. The number of hydrogen-bond donors (Lipinski definition) is 3. The molecule has 0 saturated heterocycles. The van der Waals surface area contributed by atoms with Crippen molar-refractivity contribution in [3.63, 3.8) is 0 Å². The molecule has 3 atom stereocenters. The Bertz CT molecular complexity index is 1420. The second-order valence-corrected chi connectivity index (χ2v) is 8.59. The summed E-state index contributed by atoms with van der Waals surface area (Å²) >= 11 is 6.42. The van der Waals surface area contributed by atoms with Gasteiger partial charge in [0.25, 0.3) is 11.4 Å². The Balaban J connectivity index is 1.62. The van der Waals surface area contributed by atoms with Gasteiger partial charge in [-0.3, -0.25) is 4.79 Å². The van der Waals surface area contributed by atoms with Gasteiger partial charge in [0.2, 0.25) is 0 Å². The number of aromatic nitrogens is 5. The van der Waals surface area contributed by atoms with Crippen LogP contribution in [0.1, 0.15) is 36.9 Å². The standard InChI is InChI=1S/C22H22ClN7O3/c1-10(27-20-18(19(24)25-9-26-20)21-28-11(2)29-33-21)16-7-14-13(4-3-5-15(14)23)22(32)30(16)17-6-12(17)8-31/h3-5,7,9-10,12,17,31H,6,8H2,1-2H3,(H3,24,25,26,27)/t10-,12?,17?/m0/s1. The van der Waals surface area contributed by atoms with Crippen LogP contribution < -0.4 is 16.6 Å². The average Bonchev–Trinajstić information content (AvgIpc) is 3.45. The zero-order valence-corrected chi connectivity index (χ0v) is 18.7. The molecule has 5 rings (SSSR count). The maximum absolute atomic E-state index is 13.5. The summed E-state index contributed by atoms with van der Waals surface area (Å²) < 4.78 is 7.04. The van der Waals surface area contributed by atoms with Gasteiger partial charge in [-0.05, 0) is 38.5 Å². The van der Waals surface area contributed by atoms with Crippen molar-refractivity contribution in [1.29, 1.82) is 0 Å². The van der Waals surface area contributed by atoms with Gasteiger partial charge < -0.3 is 25.2 Å². The second kappa shape index (κ2) is 8.13. The Labute approximate surface area is 193 Å². The third-order valence-electron chi connectivity index (χ3n) is 5.94. The SMILES string of the molecule is Cc1noc(-c2c(N)ncnc2N[C@@H](C)c2cc3c(Cl)cccc3c(=O)n2C2CC2CO)n1. The van der Waals surface area contributed by atoms with E-state index in [0.717, 1.165) is 6.42 Å². The van der Waals surface area contributed by atoms with Crippen LogP contribution in [0.4, 0.5) is 11.6 Å². The highest BCUT2D eigenvalue weighted by Gasteiger charge is 2.40. The number of aliphatic hydroxyl groups excluding tert-OH is 1. The largest absolute Gasteiger partial charge is 0.396 e. The fourth-order valence-corrected chi connectivity index (χ4v) is 4.38. The summed E-state index contributed by atoms with van der Waals surface area (Å²) in [6.45, 7) is 3.63. The van der Waals surface area contributed by atoms with E-state index in [-0.39, 0.29) is 41.9 Å². The molecular weight excluding hydrogens is 446 g/mol. The summed E-state index contributed by atoms with van der Waals surface area (Å²) in [4.78, 5) is 26.1. The minimum atomic E-state index is -0.379. The second-order valence-electron chi connectivity index (χ2n) is 8.19. The van der Waals surface area contributed by atoms with E-state index in [0.29, 0.717) is 38.7 Å². The Morgan fingerprint density at radius 2 is 2.18 bits per heavy atom. The molecule has 10 nitrogen and oxygen atoms in total. The van der Waals surface area contributed by atoms with Gasteiger partial charge in [-0.15, -0.1) is 0 Å². The molecule has 4 N–H and O–H groups in total. The van der Waals surface area contributed by atoms with Crippen molar-refractivity contribution in [1.82, 2.24) is 24.7 Å². The van der Waals surface area contributed by atoms with Crippen molar-refractivity contribution in [2.75, 3.05) is 17.7 Å². The topological polar surface area (TPSA) is 145 Å². The van der Waals surface area contributed by atoms with Crippen LogP contribution in [-0.2, 0) is 0 Å². The quantitative estimate of drug-likeness (QED) is 0.389. The summed E-state index contributed by atoms with van der Waals surface area (Å²) in [6, 6.07) is 6.72. The van der Waals surface area contributed by atoms with Gasteiger partial charge in [0, 0.05) is 40.1 Å². The van der Waals surface area contributed by atoms with Crippen molar-refractivity contribution in [2.24, 2.45) is 5.92 Å². The van der Waals surface area contributed by atoms with Crippen LogP contribution in [0.3, 0.4) is 0 Å². The zero-order chi connectivity index (χ0) is 23.3. The smallest absolute Gasteiger partial charge is 0.265 e. The van der Waals surface area contributed by atoms with Gasteiger partial charge >= 0.3 is 0 Å². The minimum Gasteiger partial charge on any atom is -0.396 e. The number of hydrogen-bond acceptors (Lipinski definition) is 9. The zero-order valence-electron chi connectivity index (χ0n) is 18.0. The van der Waals surface area contributed by atoms with Crippen LogP contribution >= 0.6 is 11.6 Å². The Morgan fingerprint density at radius 3 is 2.88 bits per heavy atom. The van der Waals surface area contributed by atoms with Crippen LogP contribution in [0, 0.1) is 12.8 Å². The van der Waals surface area contributed by atoms with Crippen LogP contribution in [0.15, 0.2) is 39.9 Å². The number of fused-ring (bicyclic) bond motifs is 1. The molecule has 3 aromatic heterocycles. The van der Waals surface area contributed by atoms with E-state index in [4.69, 9.17) is 21.9 Å². The van der Waals surface area contributed by atoms with E-state index in [1.807, 2.05) is 13.0 Å². The lowest BCUT2D eigenvalue weighted by Gasteiger charge is -2.22. The highest BCUT2D eigenvalue weighted by atomic mass is 35.5. The molecule has 170 valence electrons. The van der Waals surface area contributed by atoms with Crippen LogP contribution in [0.2, 0.25) is 5.02 Å². The molecule has 11 heteroatoms. The van der Waals surface area contributed by atoms with Gasteiger partial charge in [-0.2, -0.15) is 4.98 Å². The number of aryl methyl sites for hydroxylation is 1. The number of nitrogens with two attached hydrogens (primary N) is 1. The number of benzene rings is 1. The summed E-state index contributed by atoms with van der Waals surface area (Å²) in [5.74, 6) is 1.27. The first-order chi connectivity index (χ1) is 15.9. The van der Waals surface area contributed by atoms with E-state index in [1.54, 1.807) is 29.7 Å². The Morgan fingerprint density at radius 1 is 1.36 bits per heavy atom. The monoisotopic (exact) mass is 467 g/mol. The van der Waals surface area contributed by atoms with E-state index in [1.165, 1.54) is 6.33 Å². The summed E-state index contributed by atoms with van der Waals surface area (Å²) in [7, 11) is 0. The first kappa shape index (κ1) is 21.4. The van der Waals surface area contributed by atoms with Crippen LogP contribution in [0.5, 0.6) is 0 Å². The molecule has 33 heavy (non-hydrogen) atoms. The molecule has 4 aromatic rings. The molecule has 1 fully saturated rings. The van der Waals surface area contributed by atoms with Crippen LogP contribution in [-0.4, -0.2) is 36.4 Å². The maximum Gasteiger partial charge on any atom is 0.265 e. The summed E-state index contributed by atoms with van der Waals surface area (Å²) in [5.41, 5.74) is 7.06. The molecule has 0 aliphatic heterocycles. The molecule has 0 amide bonds. The number of nitrogen functional groups attached to an aromatic ring is 1. The highest BCUT2D eigenvalue weighted by Crippen LogP contribution is 2.44. The summed E-state index contributed by atoms with van der Waals surface area (Å²) in [6.07, 6.45) is 2.07. The van der Waals surface area contributed by atoms with Gasteiger partial charge in [0.05, 0.1) is 6.04 Å². The average molecular weight is 468 g/mol. The summed E-state index contributed by atoms with van der Waals surface area (Å²) in [5, 5.41) is 18.5. The van der Waals surface area contributed by atoms with E-state index < -0.39 is 0 Å². The number of halogens is 1. The third kappa shape index (κ3) is 3.70. The molecule has 3 heterocycles. The normalized spacial score (nSPS) is 18.4. The molecular formula is C22H22ClN7O3. The molecule has 1 aliphatic carbocycles. The van der Waals surface area contributed by atoms with E-state index in [9.17, 15) is 9.90 Å². The van der Waals surface area contributed by atoms with Crippen molar-refractivity contribution in [2.45, 2.75) is 32.4 Å². The molecule has 1 aliphatic rings. The predicted octanol–water partition coefficient (Wildman–Crippen LogP) is 3.11. The molecule has 0 spiro atoms. The van der Waals surface area contributed by atoms with Gasteiger partial charge in [0.1, 0.15) is 23.5 Å². The third-order valence-corrected chi connectivity index (χ3v) is 6.27. The number of aliphatic hydroxyl groups is 1. The lowest BCUT2D eigenvalue weighted by molar-refractivity contribution is 0.268. The fourth-order valence-electron chi connectivity index (χ4n) is 4.15. The number of nitrogens with one attached hydrogen (secondary N) is 1. The molecule has 0 radical (unpaired) electrons. The maximum atomic E-state index is 13.5. The van der Waals surface area contributed by atoms with E-state index in [2.05, 4.69) is 25.4 Å². The first-order valence-corrected chi connectivity index (χ1v) is 10.9. The molecule has 2 unspecified atom stereocenters. The molecule has 0 bridgehead atoms. The lowest BCUT2D eigenvalue weighted by atomic mass is 10.1. The van der Waals surface area contributed by atoms with Crippen molar-refractivity contribution >= 4 is 34.0 Å². The predicted molar refractivity (Wildman–Crippen MR) is 124 cm³/mol. The van der Waals surface area contributed by atoms with Crippen LogP contribution in [0.25, 0.3) is 22.2 Å². The lowest BCUT2D eigenvalue weighted by Crippen LogP contribution is -2.27. The first-order valence-electron chi connectivity index (χ1n) is 10.5. The Kier molecular flexibility index (Phi) is 5.26. The van der Waals surface area contributed by atoms with Gasteiger partial charge in [0.15, 0.2) is 5.82 Å². The van der Waals surface area contributed by atoms with E-state index >= 15 is 0 Å². The Hall–Kier alpha value is -3.50. The highest BCUT2D eigenvalue weighted by molar-refractivity contribution is 6.35. The minimum absolute atomic E-state index is 0.0229. The van der Waals surface area contributed by atoms with Crippen molar-refractivity contribution in [3.05, 3.63) is 57.5 Å². The molecule has 1 aromatic carbocycles. The van der Waals surface area contributed by atoms with Gasteiger partial charge in [-0.25, -0.2) is 9.97 Å². The van der Waals surface area contributed by atoms with Gasteiger partial charge in [-0.1, -0.05) is 22.8 Å².